The van der Waals surface area contributed by atoms with Crippen molar-refractivity contribution in [2.45, 2.75) is 53.6 Å². The highest BCUT2D eigenvalue weighted by molar-refractivity contribution is 7.20. The number of fused-ring (bicyclic) bond motifs is 16. The molecule has 3 nitrogen and oxygen atoms in total. The summed E-state index contributed by atoms with van der Waals surface area (Å²) in [5.41, 5.74) is 13.1. The zero-order valence-electron chi connectivity index (χ0n) is 25.5. The van der Waals surface area contributed by atoms with Crippen LogP contribution in [0.2, 0.25) is 0 Å². The number of pyridine rings is 2. The SMILES string of the molecule is Cc1ccc2[n+](c1)C1(c3ccccc3-2)c2ccc3c(oc4c3ccc3c(C)c(C)sc34)c2-c2cc(CC(C)(C)C)cc[n+]21. The molecule has 1 atom stereocenters. The van der Waals surface area contributed by atoms with Gasteiger partial charge in [0.1, 0.15) is 22.3 Å². The molecule has 9 rings (SSSR count). The largest absolute Gasteiger partial charge is 0.454 e. The van der Waals surface area contributed by atoms with Crippen LogP contribution in [-0.4, -0.2) is 0 Å². The van der Waals surface area contributed by atoms with E-state index in [0.717, 1.165) is 17.6 Å². The summed E-state index contributed by atoms with van der Waals surface area (Å²) in [5.74, 6) is 0. The molecule has 7 aromatic rings. The Hall–Kier alpha value is -4.28. The van der Waals surface area contributed by atoms with Gasteiger partial charge >= 0.3 is 5.66 Å². The molecule has 4 heteroatoms. The Morgan fingerprint density at radius 3 is 2.37 bits per heavy atom. The maximum absolute atomic E-state index is 7.06. The lowest BCUT2D eigenvalue weighted by molar-refractivity contribution is -0.955. The molecule has 0 radical (unpaired) electrons. The van der Waals surface area contributed by atoms with Crippen LogP contribution in [0.1, 0.15) is 53.5 Å². The third kappa shape index (κ3) is 3.14. The molecule has 1 spiro atoms. The molecule has 0 aliphatic carbocycles. The van der Waals surface area contributed by atoms with Crippen molar-refractivity contribution in [3.63, 3.8) is 0 Å². The Kier molecular flexibility index (Phi) is 4.82. The van der Waals surface area contributed by atoms with Crippen LogP contribution in [0.15, 0.2) is 89.6 Å². The minimum Gasteiger partial charge on any atom is -0.454 e. The molecule has 0 saturated heterocycles. The van der Waals surface area contributed by atoms with E-state index in [2.05, 4.69) is 136 Å². The maximum Gasteiger partial charge on any atom is 0.417 e. The standard InChI is InChI=1S/C39H34N2OS/c1-22-11-16-32-29-9-7-8-10-30(29)39(41(32)21-22)31-15-14-27-28-13-12-26-23(2)24(3)43-37(26)36(28)42-35(27)34(31)33-19-25(17-18-40(33)39)20-38(4,5)6/h7-19,21H,20H2,1-6H3/q+2. The van der Waals surface area contributed by atoms with Gasteiger partial charge in [-0.3, -0.25) is 0 Å². The van der Waals surface area contributed by atoms with Gasteiger partial charge in [-0.1, -0.05) is 39.0 Å². The average Bonchev–Trinajstić information content (AvgIpc) is 3.67. The molecule has 210 valence electrons. The summed E-state index contributed by atoms with van der Waals surface area (Å²) in [5, 5.41) is 3.68. The molecule has 6 heterocycles. The number of hydrogen-bond donors (Lipinski definition) is 0. The molecule has 3 aromatic carbocycles. The van der Waals surface area contributed by atoms with Crippen LogP contribution < -0.4 is 9.13 Å². The van der Waals surface area contributed by atoms with Crippen molar-refractivity contribution in [2.24, 2.45) is 5.41 Å². The first-order valence-corrected chi connectivity index (χ1v) is 16.0. The van der Waals surface area contributed by atoms with Gasteiger partial charge in [-0.25, -0.2) is 0 Å². The monoisotopic (exact) mass is 578 g/mol. The lowest BCUT2D eigenvalue weighted by atomic mass is 9.88. The predicted molar refractivity (Wildman–Crippen MR) is 176 cm³/mol. The molecule has 2 aliphatic rings. The highest BCUT2D eigenvalue weighted by Crippen LogP contribution is 2.51. The number of furan rings is 1. The quantitative estimate of drug-likeness (QED) is 0.178. The van der Waals surface area contributed by atoms with Crippen molar-refractivity contribution in [1.29, 1.82) is 0 Å². The Bertz CT molecular complexity index is 2350. The van der Waals surface area contributed by atoms with Gasteiger partial charge < -0.3 is 4.42 Å². The van der Waals surface area contributed by atoms with E-state index >= 15 is 0 Å². The van der Waals surface area contributed by atoms with Crippen LogP contribution in [0.3, 0.4) is 0 Å². The smallest absolute Gasteiger partial charge is 0.417 e. The maximum atomic E-state index is 7.06. The topological polar surface area (TPSA) is 20.9 Å². The fourth-order valence-corrected chi connectivity index (χ4v) is 9.01. The zero-order chi connectivity index (χ0) is 29.4. The molecule has 0 amide bonds. The van der Waals surface area contributed by atoms with Gasteiger partial charge in [0.25, 0.3) is 0 Å². The normalized spacial score (nSPS) is 16.8. The van der Waals surface area contributed by atoms with Crippen molar-refractivity contribution in [2.75, 3.05) is 0 Å². The Labute approximate surface area is 255 Å². The number of thiophene rings is 1. The molecule has 2 aliphatic heterocycles. The van der Waals surface area contributed by atoms with Crippen LogP contribution in [0.25, 0.3) is 54.5 Å². The fraction of sp³-hybridized carbons (Fsp3) is 0.231. The summed E-state index contributed by atoms with van der Waals surface area (Å²) in [6, 6.07) is 27.4. The molecular formula is C39H34N2OS+2. The second-order valence-electron chi connectivity index (χ2n) is 13.8. The second kappa shape index (κ2) is 8.21. The van der Waals surface area contributed by atoms with Gasteiger partial charge in [0.05, 0.1) is 10.3 Å². The van der Waals surface area contributed by atoms with Crippen LogP contribution in [0, 0.1) is 26.2 Å². The highest BCUT2D eigenvalue weighted by Gasteiger charge is 2.67. The lowest BCUT2D eigenvalue weighted by Crippen LogP contribution is -2.71. The van der Waals surface area contributed by atoms with Gasteiger partial charge in [-0.15, -0.1) is 20.5 Å². The van der Waals surface area contributed by atoms with Gasteiger partial charge in [-0.2, -0.15) is 0 Å². The van der Waals surface area contributed by atoms with Crippen LogP contribution in [0.5, 0.6) is 0 Å². The van der Waals surface area contributed by atoms with Gasteiger partial charge in [0, 0.05) is 39.4 Å². The first-order chi connectivity index (χ1) is 20.7. The zero-order valence-corrected chi connectivity index (χ0v) is 26.3. The average molecular weight is 579 g/mol. The minimum absolute atomic E-state index is 0.183. The molecule has 0 fully saturated rings. The number of rotatable bonds is 1. The van der Waals surface area contributed by atoms with Crippen molar-refractivity contribution >= 4 is 43.4 Å². The van der Waals surface area contributed by atoms with E-state index < -0.39 is 5.66 Å². The summed E-state index contributed by atoms with van der Waals surface area (Å²) in [4.78, 5) is 1.35. The number of benzene rings is 3. The molecular weight excluding hydrogens is 545 g/mol. The molecule has 0 saturated carbocycles. The van der Waals surface area contributed by atoms with Crippen LogP contribution in [-0.2, 0) is 12.1 Å². The number of nitrogens with zero attached hydrogens (tertiary/aromatic N) is 2. The van der Waals surface area contributed by atoms with E-state index in [0.29, 0.717) is 0 Å². The van der Waals surface area contributed by atoms with Crippen molar-refractivity contribution in [3.8, 4) is 22.5 Å². The van der Waals surface area contributed by atoms with Gasteiger partial charge in [0.15, 0.2) is 18.0 Å². The Morgan fingerprint density at radius 1 is 0.767 bits per heavy atom. The number of aromatic nitrogens is 2. The molecule has 0 N–H and O–H groups in total. The third-order valence-electron chi connectivity index (χ3n) is 9.71. The van der Waals surface area contributed by atoms with E-state index in [9.17, 15) is 0 Å². The van der Waals surface area contributed by atoms with E-state index in [1.165, 1.54) is 76.1 Å². The molecule has 0 bridgehead atoms. The predicted octanol–water partition coefficient (Wildman–Crippen LogP) is 9.15. The first-order valence-electron chi connectivity index (χ1n) is 15.2. The fourth-order valence-electron chi connectivity index (χ4n) is 7.87. The summed E-state index contributed by atoms with van der Waals surface area (Å²) in [7, 11) is 0. The van der Waals surface area contributed by atoms with E-state index in [4.69, 9.17) is 4.42 Å². The first kappa shape index (κ1) is 25.2. The van der Waals surface area contributed by atoms with E-state index in [1.807, 2.05) is 11.3 Å². The Morgan fingerprint density at radius 2 is 1.53 bits per heavy atom. The van der Waals surface area contributed by atoms with Gasteiger partial charge in [-0.05, 0) is 85.5 Å². The van der Waals surface area contributed by atoms with E-state index in [-0.39, 0.29) is 5.41 Å². The number of aryl methyl sites for hydroxylation is 3. The summed E-state index contributed by atoms with van der Waals surface area (Å²) in [6.45, 7) is 13.6. The minimum atomic E-state index is -0.540. The lowest BCUT2D eigenvalue weighted by Gasteiger charge is -2.19. The number of hydrogen-bond acceptors (Lipinski definition) is 2. The van der Waals surface area contributed by atoms with Crippen LogP contribution in [0.4, 0.5) is 0 Å². The van der Waals surface area contributed by atoms with E-state index in [1.54, 1.807) is 0 Å². The van der Waals surface area contributed by atoms with Crippen molar-refractivity contribution in [1.82, 2.24) is 0 Å². The summed E-state index contributed by atoms with van der Waals surface area (Å²) < 4.78 is 13.3. The molecule has 43 heavy (non-hydrogen) atoms. The summed E-state index contributed by atoms with van der Waals surface area (Å²) >= 11 is 1.85. The highest BCUT2D eigenvalue weighted by atomic mass is 32.1. The Balaban J connectivity index is 1.46. The van der Waals surface area contributed by atoms with Crippen molar-refractivity contribution < 1.29 is 13.6 Å². The van der Waals surface area contributed by atoms with Gasteiger partial charge in [0.2, 0.25) is 11.4 Å². The second-order valence-corrected chi connectivity index (χ2v) is 15.0. The summed E-state index contributed by atoms with van der Waals surface area (Å²) in [6.07, 6.45) is 5.66. The third-order valence-corrected chi connectivity index (χ3v) is 10.9. The molecule has 1 unspecified atom stereocenters. The molecule has 4 aromatic heterocycles. The van der Waals surface area contributed by atoms with Crippen LogP contribution >= 0.6 is 11.3 Å². The van der Waals surface area contributed by atoms with Crippen molar-refractivity contribution in [3.05, 3.63) is 118 Å².